The summed E-state index contributed by atoms with van der Waals surface area (Å²) < 4.78 is 6.94. The minimum atomic E-state index is 0.482. The van der Waals surface area contributed by atoms with Gasteiger partial charge in [-0.2, -0.15) is 5.10 Å². The molecule has 1 heterocycles. The van der Waals surface area contributed by atoms with E-state index in [9.17, 15) is 0 Å². The lowest BCUT2D eigenvalue weighted by molar-refractivity contribution is 0.305. The van der Waals surface area contributed by atoms with Crippen LogP contribution in [0.1, 0.15) is 11.1 Å². The number of hydrogen-bond donors (Lipinski definition) is 2. The van der Waals surface area contributed by atoms with Gasteiger partial charge in [0.25, 0.3) is 0 Å². The van der Waals surface area contributed by atoms with Crippen LogP contribution >= 0.6 is 27.3 Å². The normalized spacial score (nSPS) is 10.9. The second-order valence-corrected chi connectivity index (χ2v) is 6.68. The van der Waals surface area contributed by atoms with Gasteiger partial charge in [0.05, 0.1) is 6.21 Å². The number of nitrogen functional groups attached to an aromatic ring is 1. The van der Waals surface area contributed by atoms with Crippen LogP contribution in [-0.2, 0) is 6.61 Å². The molecule has 3 rings (SSSR count). The minimum Gasteiger partial charge on any atom is -0.488 e. The quantitative estimate of drug-likeness (QED) is 0.469. The maximum absolute atomic E-state index is 5.91. The monoisotopic (exact) mass is 402 g/mol. The Bertz CT molecular complexity index is 850. The van der Waals surface area contributed by atoms with Gasteiger partial charge in [-0.05, 0) is 29.8 Å². The summed E-state index contributed by atoms with van der Waals surface area (Å²) in [5.74, 6) is 1.25. The first-order chi connectivity index (χ1) is 11.7. The Morgan fingerprint density at radius 1 is 1.25 bits per heavy atom. The Kier molecular flexibility index (Phi) is 5.45. The lowest BCUT2D eigenvalue weighted by atomic mass is 10.2. The summed E-state index contributed by atoms with van der Waals surface area (Å²) in [5.41, 5.74) is 10.4. The molecular formula is C17H15BrN4OS. The Labute approximate surface area is 152 Å². The maximum atomic E-state index is 5.91. The fourth-order valence-corrected chi connectivity index (χ4v) is 3.00. The number of nitrogens with two attached hydrogens (primary N) is 1. The summed E-state index contributed by atoms with van der Waals surface area (Å²) in [4.78, 5) is 4.08. The Morgan fingerprint density at radius 2 is 2.12 bits per heavy atom. The van der Waals surface area contributed by atoms with Gasteiger partial charge in [-0.15, -0.1) is 11.3 Å². The highest BCUT2D eigenvalue weighted by Gasteiger charge is 2.02. The van der Waals surface area contributed by atoms with Crippen LogP contribution in [0.2, 0.25) is 0 Å². The van der Waals surface area contributed by atoms with Crippen molar-refractivity contribution in [1.29, 1.82) is 0 Å². The molecule has 0 bridgehead atoms. The van der Waals surface area contributed by atoms with Crippen LogP contribution < -0.4 is 15.9 Å². The van der Waals surface area contributed by atoms with Gasteiger partial charge in [0.2, 0.25) is 5.13 Å². The van der Waals surface area contributed by atoms with Crippen molar-refractivity contribution in [3.05, 3.63) is 69.5 Å². The molecule has 0 spiro atoms. The summed E-state index contributed by atoms with van der Waals surface area (Å²) in [6.45, 7) is 0.487. The number of nitrogens with zero attached hydrogens (tertiary/aromatic N) is 2. The molecular weight excluding hydrogens is 388 g/mol. The van der Waals surface area contributed by atoms with Crippen molar-refractivity contribution in [1.82, 2.24) is 4.98 Å². The molecule has 0 aliphatic heterocycles. The zero-order valence-corrected chi connectivity index (χ0v) is 15.0. The number of ether oxygens (including phenoxy) is 1. The molecule has 0 aliphatic carbocycles. The lowest BCUT2D eigenvalue weighted by Gasteiger charge is -2.09. The average molecular weight is 403 g/mol. The molecule has 0 radical (unpaired) electrons. The van der Waals surface area contributed by atoms with Gasteiger partial charge in [-0.1, -0.05) is 40.2 Å². The number of halogens is 1. The molecule has 0 saturated carbocycles. The van der Waals surface area contributed by atoms with Crippen LogP contribution in [0.15, 0.2) is 63.5 Å². The maximum Gasteiger partial charge on any atom is 0.205 e. The third kappa shape index (κ3) is 4.56. The van der Waals surface area contributed by atoms with Gasteiger partial charge in [-0.3, -0.25) is 5.43 Å². The average Bonchev–Trinajstić information content (AvgIpc) is 2.99. The number of rotatable bonds is 6. The summed E-state index contributed by atoms with van der Waals surface area (Å²) in [6, 6.07) is 15.8. The van der Waals surface area contributed by atoms with Crippen molar-refractivity contribution in [3.63, 3.8) is 0 Å². The van der Waals surface area contributed by atoms with E-state index in [1.54, 1.807) is 11.6 Å². The number of thiazole rings is 1. The molecule has 3 aromatic rings. The molecule has 2 aromatic carbocycles. The Morgan fingerprint density at radius 3 is 2.92 bits per heavy atom. The molecule has 0 saturated heterocycles. The number of benzene rings is 2. The van der Waals surface area contributed by atoms with Crippen molar-refractivity contribution in [3.8, 4) is 5.75 Å². The highest BCUT2D eigenvalue weighted by atomic mass is 79.9. The summed E-state index contributed by atoms with van der Waals surface area (Å²) in [5, 5.41) is 6.59. The second-order valence-electron chi connectivity index (χ2n) is 4.90. The predicted octanol–water partition coefficient (Wildman–Crippen LogP) is 4.51. The summed E-state index contributed by atoms with van der Waals surface area (Å²) in [7, 11) is 0. The Balaban J connectivity index is 1.66. The van der Waals surface area contributed by atoms with Gasteiger partial charge >= 0.3 is 0 Å². The summed E-state index contributed by atoms with van der Waals surface area (Å²) >= 11 is 4.86. The first kappa shape index (κ1) is 16.5. The molecule has 0 amide bonds. The van der Waals surface area contributed by atoms with E-state index in [-0.39, 0.29) is 0 Å². The fraction of sp³-hybridized carbons (Fsp3) is 0.0588. The number of nitrogens with one attached hydrogen (secondary N) is 1. The van der Waals surface area contributed by atoms with E-state index in [0.29, 0.717) is 17.6 Å². The van der Waals surface area contributed by atoms with E-state index in [2.05, 4.69) is 31.4 Å². The number of aromatic nitrogens is 1. The third-order valence-electron chi connectivity index (χ3n) is 3.09. The van der Waals surface area contributed by atoms with E-state index < -0.39 is 0 Å². The van der Waals surface area contributed by atoms with E-state index in [1.165, 1.54) is 11.3 Å². The lowest BCUT2D eigenvalue weighted by Crippen LogP contribution is -1.99. The fourth-order valence-electron chi connectivity index (χ4n) is 2.00. The molecule has 24 heavy (non-hydrogen) atoms. The molecule has 0 atom stereocenters. The Hall–Kier alpha value is -2.38. The molecule has 0 aliphatic rings. The number of anilines is 2. The van der Waals surface area contributed by atoms with E-state index in [0.717, 1.165) is 21.3 Å². The van der Waals surface area contributed by atoms with Crippen LogP contribution in [0.3, 0.4) is 0 Å². The van der Waals surface area contributed by atoms with Gasteiger partial charge in [-0.25, -0.2) is 4.98 Å². The van der Waals surface area contributed by atoms with E-state index >= 15 is 0 Å². The van der Waals surface area contributed by atoms with E-state index in [1.807, 2.05) is 48.5 Å². The van der Waals surface area contributed by atoms with Crippen molar-refractivity contribution in [2.45, 2.75) is 6.61 Å². The first-order valence-corrected chi connectivity index (χ1v) is 8.84. The topological polar surface area (TPSA) is 72.5 Å². The number of hydrogen-bond acceptors (Lipinski definition) is 6. The minimum absolute atomic E-state index is 0.482. The standard InChI is InChI=1S/C17H15BrN4OS/c18-14-6-3-4-12(8-14)10-23-15-7-2-1-5-13(15)9-20-22-17-21-16(19)11-24-17/h1-9,11H,10,19H2,(H,21,22). The molecule has 0 fully saturated rings. The number of hydrazone groups is 1. The highest BCUT2D eigenvalue weighted by Crippen LogP contribution is 2.20. The van der Waals surface area contributed by atoms with Gasteiger partial charge < -0.3 is 10.5 Å². The smallest absolute Gasteiger partial charge is 0.205 e. The van der Waals surface area contributed by atoms with Crippen LogP contribution in [-0.4, -0.2) is 11.2 Å². The molecule has 3 N–H and O–H groups in total. The van der Waals surface area contributed by atoms with Crippen molar-refractivity contribution in [2.24, 2.45) is 5.10 Å². The zero-order valence-electron chi connectivity index (χ0n) is 12.6. The van der Waals surface area contributed by atoms with Crippen LogP contribution in [0.4, 0.5) is 10.9 Å². The van der Waals surface area contributed by atoms with Crippen molar-refractivity contribution < 1.29 is 4.74 Å². The third-order valence-corrected chi connectivity index (χ3v) is 4.35. The second kappa shape index (κ2) is 7.94. The van der Waals surface area contributed by atoms with Crippen molar-refractivity contribution in [2.75, 3.05) is 11.2 Å². The molecule has 5 nitrogen and oxygen atoms in total. The van der Waals surface area contributed by atoms with Crippen molar-refractivity contribution >= 4 is 44.4 Å². The van der Waals surface area contributed by atoms with Crippen LogP contribution in [0.25, 0.3) is 0 Å². The zero-order chi connectivity index (χ0) is 16.8. The largest absolute Gasteiger partial charge is 0.488 e. The number of para-hydroxylation sites is 1. The SMILES string of the molecule is Nc1csc(NN=Cc2ccccc2OCc2cccc(Br)c2)n1. The van der Waals surface area contributed by atoms with Crippen LogP contribution in [0, 0.1) is 0 Å². The molecule has 1 aromatic heterocycles. The van der Waals surface area contributed by atoms with Gasteiger partial charge in [0.1, 0.15) is 18.2 Å². The van der Waals surface area contributed by atoms with Crippen LogP contribution in [0.5, 0.6) is 5.75 Å². The molecule has 0 unspecified atom stereocenters. The summed E-state index contributed by atoms with van der Waals surface area (Å²) in [6.07, 6.45) is 1.70. The van der Waals surface area contributed by atoms with Gasteiger partial charge in [0, 0.05) is 15.4 Å². The predicted molar refractivity (Wildman–Crippen MR) is 103 cm³/mol. The molecule has 7 heteroatoms. The molecule has 122 valence electrons. The van der Waals surface area contributed by atoms with E-state index in [4.69, 9.17) is 10.5 Å². The van der Waals surface area contributed by atoms with Gasteiger partial charge in [0.15, 0.2) is 0 Å². The highest BCUT2D eigenvalue weighted by molar-refractivity contribution is 9.10. The first-order valence-electron chi connectivity index (χ1n) is 7.17.